The van der Waals surface area contributed by atoms with E-state index in [1.165, 1.54) is 12.1 Å². The fraction of sp³-hybridized carbons (Fsp3) is 0.286. The van der Waals surface area contributed by atoms with Gasteiger partial charge in [0.15, 0.2) is 5.11 Å². The van der Waals surface area contributed by atoms with Crippen LogP contribution in [0.5, 0.6) is 0 Å². The molecular formula is C14H15F3N4S. The van der Waals surface area contributed by atoms with Gasteiger partial charge in [-0.1, -0.05) is 6.07 Å². The second-order valence-corrected chi connectivity index (χ2v) is 5.05. The molecule has 22 heavy (non-hydrogen) atoms. The molecule has 0 saturated heterocycles. The lowest BCUT2D eigenvalue weighted by molar-refractivity contribution is -0.137. The minimum Gasteiger partial charge on any atom is -0.332 e. The molecule has 8 heteroatoms. The maximum Gasteiger partial charge on any atom is 0.416 e. The number of rotatable bonds is 3. The lowest BCUT2D eigenvalue weighted by Gasteiger charge is -2.12. The SMILES string of the molecule is CCn1cc(NC(=S)Nc2cccc(C(F)(F)F)c2)c(C)n1. The molecule has 0 fully saturated rings. The molecule has 2 N–H and O–H groups in total. The Morgan fingerprint density at radius 3 is 2.64 bits per heavy atom. The fourth-order valence-electron chi connectivity index (χ4n) is 1.86. The van der Waals surface area contributed by atoms with Crippen LogP contribution in [0.3, 0.4) is 0 Å². The number of nitrogens with one attached hydrogen (secondary N) is 2. The Kier molecular flexibility index (Phi) is 4.70. The summed E-state index contributed by atoms with van der Waals surface area (Å²) in [5.41, 5.74) is 1.02. The minimum absolute atomic E-state index is 0.207. The van der Waals surface area contributed by atoms with E-state index in [4.69, 9.17) is 12.2 Å². The summed E-state index contributed by atoms with van der Waals surface area (Å²) in [7, 11) is 0. The average Bonchev–Trinajstić information content (AvgIpc) is 2.78. The van der Waals surface area contributed by atoms with Crippen LogP contribution in [0.25, 0.3) is 0 Å². The number of halogens is 3. The summed E-state index contributed by atoms with van der Waals surface area (Å²) < 4.78 is 39.7. The van der Waals surface area contributed by atoms with Crippen LogP contribution in [0, 0.1) is 6.92 Å². The number of anilines is 2. The van der Waals surface area contributed by atoms with Crippen LogP contribution in [0.1, 0.15) is 18.2 Å². The smallest absolute Gasteiger partial charge is 0.332 e. The van der Waals surface area contributed by atoms with Crippen molar-refractivity contribution in [2.45, 2.75) is 26.6 Å². The van der Waals surface area contributed by atoms with E-state index in [-0.39, 0.29) is 10.8 Å². The molecule has 0 spiro atoms. The first-order valence-corrected chi connectivity index (χ1v) is 6.99. The average molecular weight is 328 g/mol. The largest absolute Gasteiger partial charge is 0.416 e. The molecule has 0 bridgehead atoms. The molecule has 0 aliphatic rings. The van der Waals surface area contributed by atoms with E-state index in [9.17, 15) is 13.2 Å². The lowest BCUT2D eigenvalue weighted by atomic mass is 10.2. The van der Waals surface area contributed by atoms with Crippen LogP contribution in [0.2, 0.25) is 0 Å². The third-order valence-corrected chi connectivity index (χ3v) is 3.17. The number of alkyl halides is 3. The number of aromatic nitrogens is 2. The van der Waals surface area contributed by atoms with E-state index >= 15 is 0 Å². The molecule has 1 aromatic heterocycles. The van der Waals surface area contributed by atoms with E-state index in [2.05, 4.69) is 15.7 Å². The van der Waals surface area contributed by atoms with Crippen molar-refractivity contribution in [2.75, 3.05) is 10.6 Å². The molecule has 0 aliphatic heterocycles. The first kappa shape index (κ1) is 16.3. The van der Waals surface area contributed by atoms with Crippen molar-refractivity contribution in [1.29, 1.82) is 0 Å². The molecule has 1 aromatic carbocycles. The number of nitrogens with zero attached hydrogens (tertiary/aromatic N) is 2. The van der Waals surface area contributed by atoms with Crippen molar-refractivity contribution >= 4 is 28.7 Å². The van der Waals surface area contributed by atoms with Crippen LogP contribution in [-0.4, -0.2) is 14.9 Å². The molecule has 1 heterocycles. The summed E-state index contributed by atoms with van der Waals surface area (Å²) in [5, 5.41) is 10.1. The van der Waals surface area contributed by atoms with E-state index in [1.54, 1.807) is 10.9 Å². The predicted octanol–water partition coefficient (Wildman–Crippen LogP) is 4.04. The molecule has 0 aliphatic carbocycles. The molecule has 0 radical (unpaired) electrons. The maximum absolute atomic E-state index is 12.7. The van der Waals surface area contributed by atoms with Gasteiger partial charge in [-0.05, 0) is 44.3 Å². The first-order chi connectivity index (χ1) is 10.3. The van der Waals surface area contributed by atoms with Crippen molar-refractivity contribution in [3.63, 3.8) is 0 Å². The fourth-order valence-corrected chi connectivity index (χ4v) is 2.09. The van der Waals surface area contributed by atoms with Crippen LogP contribution in [0.4, 0.5) is 24.5 Å². The van der Waals surface area contributed by atoms with Crippen LogP contribution < -0.4 is 10.6 Å². The Balaban J connectivity index is 2.07. The Morgan fingerprint density at radius 1 is 1.32 bits per heavy atom. The molecular weight excluding hydrogens is 313 g/mol. The van der Waals surface area contributed by atoms with E-state index in [1.807, 2.05) is 13.8 Å². The number of aryl methyl sites for hydroxylation is 2. The minimum atomic E-state index is -4.38. The molecule has 0 amide bonds. The van der Waals surface area contributed by atoms with Gasteiger partial charge in [0.1, 0.15) is 0 Å². The number of hydrogen-bond donors (Lipinski definition) is 2. The van der Waals surface area contributed by atoms with Gasteiger partial charge in [0.25, 0.3) is 0 Å². The number of thiocarbonyl (C=S) groups is 1. The van der Waals surface area contributed by atoms with Gasteiger partial charge in [0, 0.05) is 18.4 Å². The monoisotopic (exact) mass is 328 g/mol. The van der Waals surface area contributed by atoms with Crippen molar-refractivity contribution in [2.24, 2.45) is 0 Å². The van der Waals surface area contributed by atoms with Gasteiger partial charge >= 0.3 is 6.18 Å². The summed E-state index contributed by atoms with van der Waals surface area (Å²) in [6.07, 6.45) is -2.60. The van der Waals surface area contributed by atoms with Gasteiger partial charge in [0.2, 0.25) is 0 Å². The van der Waals surface area contributed by atoms with Gasteiger partial charge in [0.05, 0.1) is 16.9 Å². The van der Waals surface area contributed by atoms with E-state index < -0.39 is 11.7 Å². The van der Waals surface area contributed by atoms with E-state index in [0.29, 0.717) is 5.69 Å². The molecule has 2 aromatic rings. The Bertz CT molecular complexity index is 679. The summed E-state index contributed by atoms with van der Waals surface area (Å²) in [4.78, 5) is 0. The molecule has 0 atom stereocenters. The molecule has 4 nitrogen and oxygen atoms in total. The first-order valence-electron chi connectivity index (χ1n) is 6.59. The normalized spacial score (nSPS) is 11.3. The summed E-state index contributed by atoms with van der Waals surface area (Å²) in [6, 6.07) is 4.87. The molecule has 0 unspecified atom stereocenters. The zero-order chi connectivity index (χ0) is 16.3. The van der Waals surface area contributed by atoms with Crippen molar-refractivity contribution in [3.05, 3.63) is 41.7 Å². The highest BCUT2D eigenvalue weighted by atomic mass is 32.1. The van der Waals surface area contributed by atoms with Crippen LogP contribution in [-0.2, 0) is 12.7 Å². The Labute approximate surface area is 131 Å². The Hall–Kier alpha value is -2.09. The molecule has 0 saturated carbocycles. The number of hydrogen-bond acceptors (Lipinski definition) is 2. The highest BCUT2D eigenvalue weighted by Gasteiger charge is 2.30. The standard InChI is InChI=1S/C14H15F3N4S/c1-3-21-8-12(9(2)20-21)19-13(22)18-11-6-4-5-10(7-11)14(15,16)17/h4-8H,3H2,1-2H3,(H2,18,19,22). The summed E-state index contributed by atoms with van der Waals surface area (Å²) >= 11 is 5.12. The second-order valence-electron chi connectivity index (χ2n) is 4.64. The van der Waals surface area contributed by atoms with Crippen LogP contribution >= 0.6 is 12.2 Å². The van der Waals surface area contributed by atoms with Gasteiger partial charge in [-0.2, -0.15) is 18.3 Å². The number of benzene rings is 1. The maximum atomic E-state index is 12.7. The van der Waals surface area contributed by atoms with Gasteiger partial charge in [-0.15, -0.1) is 0 Å². The van der Waals surface area contributed by atoms with Gasteiger partial charge in [-0.3, -0.25) is 4.68 Å². The zero-order valence-corrected chi connectivity index (χ0v) is 12.8. The second kappa shape index (κ2) is 6.35. The molecule has 2 rings (SSSR count). The zero-order valence-electron chi connectivity index (χ0n) is 12.0. The van der Waals surface area contributed by atoms with Gasteiger partial charge in [-0.25, -0.2) is 0 Å². The Morgan fingerprint density at radius 2 is 2.05 bits per heavy atom. The highest BCUT2D eigenvalue weighted by molar-refractivity contribution is 7.80. The van der Waals surface area contributed by atoms with Crippen LogP contribution in [0.15, 0.2) is 30.5 Å². The van der Waals surface area contributed by atoms with Crippen molar-refractivity contribution in [1.82, 2.24) is 9.78 Å². The van der Waals surface area contributed by atoms with E-state index in [0.717, 1.165) is 24.4 Å². The summed E-state index contributed by atoms with van der Waals surface area (Å²) in [6.45, 7) is 4.49. The highest BCUT2D eigenvalue weighted by Crippen LogP contribution is 2.30. The third kappa shape index (κ3) is 3.97. The van der Waals surface area contributed by atoms with Gasteiger partial charge < -0.3 is 10.6 Å². The molecule has 118 valence electrons. The topological polar surface area (TPSA) is 41.9 Å². The van der Waals surface area contributed by atoms with Crippen molar-refractivity contribution in [3.8, 4) is 0 Å². The summed E-state index contributed by atoms with van der Waals surface area (Å²) in [5.74, 6) is 0. The third-order valence-electron chi connectivity index (χ3n) is 2.97. The predicted molar refractivity (Wildman–Crippen MR) is 83.9 cm³/mol. The quantitative estimate of drug-likeness (QED) is 0.835. The van der Waals surface area contributed by atoms with Crippen molar-refractivity contribution < 1.29 is 13.2 Å². The lowest BCUT2D eigenvalue weighted by Crippen LogP contribution is -2.19.